The molecule has 3 rings (SSSR count). The molecule has 13 heteroatoms. The Balaban J connectivity index is 1.80. The van der Waals surface area contributed by atoms with Crippen LogP contribution in [0.25, 0.3) is 0 Å². The minimum Gasteiger partial charge on any atom is -0.342 e. The first kappa shape index (κ1) is 22.5. The van der Waals surface area contributed by atoms with Crippen LogP contribution in [0.5, 0.6) is 0 Å². The fourth-order valence-electron chi connectivity index (χ4n) is 2.97. The second-order valence-electron chi connectivity index (χ2n) is 7.30. The van der Waals surface area contributed by atoms with E-state index in [0.717, 1.165) is 24.3 Å². The van der Waals surface area contributed by atoms with Crippen LogP contribution in [-0.2, 0) is 37.5 Å². The number of hydrogen-bond acceptors (Lipinski definition) is 7. The molecule has 0 saturated heterocycles. The number of ketones is 1. The maximum atomic E-state index is 13.1. The fraction of sp³-hybridized carbons (Fsp3) is 0.389. The Morgan fingerprint density at radius 2 is 1.94 bits per heavy atom. The Morgan fingerprint density at radius 1 is 1.26 bits per heavy atom. The lowest BCUT2D eigenvalue weighted by molar-refractivity contribution is -0.141. The van der Waals surface area contributed by atoms with Crippen molar-refractivity contribution in [2.45, 2.75) is 43.9 Å². The molecule has 0 aliphatic carbocycles. The zero-order valence-corrected chi connectivity index (χ0v) is 17.5. The standard InChI is InChI=1S/C18H21FN6O5S/c1-10(2)15(24-31(29,30)12-5-3-11(19)4-6-12)17(27)22-13-8-25-9-21-23-14(25)7-20-18(28)16(13)26/h3-6,9-10,13,15,24H,7-8H2,1-2H3,(H,20,28)(H,22,27). The number of halogens is 1. The molecule has 1 aliphatic rings. The van der Waals surface area contributed by atoms with E-state index in [-0.39, 0.29) is 18.0 Å². The highest BCUT2D eigenvalue weighted by Gasteiger charge is 2.34. The summed E-state index contributed by atoms with van der Waals surface area (Å²) >= 11 is 0. The van der Waals surface area contributed by atoms with Gasteiger partial charge in [-0.05, 0) is 30.2 Å². The van der Waals surface area contributed by atoms with E-state index in [1.165, 1.54) is 10.9 Å². The number of fused-ring (bicyclic) bond motifs is 1. The van der Waals surface area contributed by atoms with Crippen molar-refractivity contribution in [1.29, 1.82) is 0 Å². The quantitative estimate of drug-likeness (QED) is 0.481. The molecule has 11 nitrogen and oxygen atoms in total. The number of hydrogen-bond donors (Lipinski definition) is 3. The normalized spacial score (nSPS) is 18.0. The van der Waals surface area contributed by atoms with Crippen molar-refractivity contribution in [2.24, 2.45) is 5.92 Å². The van der Waals surface area contributed by atoms with Gasteiger partial charge in [0.2, 0.25) is 21.7 Å². The van der Waals surface area contributed by atoms with Crippen LogP contribution in [0, 0.1) is 11.7 Å². The third kappa shape index (κ3) is 5.11. The maximum Gasteiger partial charge on any atom is 0.290 e. The summed E-state index contributed by atoms with van der Waals surface area (Å²) in [4.78, 5) is 37.1. The molecular formula is C18H21FN6O5S. The lowest BCUT2D eigenvalue weighted by Gasteiger charge is -2.26. The predicted octanol–water partition coefficient (Wildman–Crippen LogP) is -0.896. The topological polar surface area (TPSA) is 152 Å². The van der Waals surface area contributed by atoms with Crippen LogP contribution < -0.4 is 15.4 Å². The van der Waals surface area contributed by atoms with E-state index in [0.29, 0.717) is 5.82 Å². The van der Waals surface area contributed by atoms with Gasteiger partial charge in [0.15, 0.2) is 5.82 Å². The van der Waals surface area contributed by atoms with Crippen LogP contribution >= 0.6 is 0 Å². The van der Waals surface area contributed by atoms with Gasteiger partial charge in [-0.15, -0.1) is 10.2 Å². The summed E-state index contributed by atoms with van der Waals surface area (Å²) < 4.78 is 42.2. The second-order valence-corrected chi connectivity index (χ2v) is 9.02. The molecule has 0 saturated carbocycles. The van der Waals surface area contributed by atoms with E-state index in [2.05, 4.69) is 25.6 Å². The SMILES string of the molecule is CC(C)C(NS(=O)(=O)c1ccc(F)cc1)C(=O)NC1Cn2cnnc2CNC(=O)C1=O. The zero-order chi connectivity index (χ0) is 22.8. The van der Waals surface area contributed by atoms with E-state index >= 15 is 0 Å². The Kier molecular flexibility index (Phi) is 6.45. The Bertz CT molecular complexity index is 1100. The van der Waals surface area contributed by atoms with Crippen LogP contribution in [0.4, 0.5) is 4.39 Å². The van der Waals surface area contributed by atoms with Gasteiger partial charge in [0.05, 0.1) is 18.0 Å². The number of sulfonamides is 1. The van der Waals surface area contributed by atoms with Crippen LogP contribution in [0.3, 0.4) is 0 Å². The average molecular weight is 452 g/mol. The first-order valence-electron chi connectivity index (χ1n) is 9.35. The number of benzene rings is 1. The number of amides is 2. The van der Waals surface area contributed by atoms with Crippen LogP contribution in [0.2, 0.25) is 0 Å². The fourth-order valence-corrected chi connectivity index (χ4v) is 4.31. The Morgan fingerprint density at radius 3 is 2.58 bits per heavy atom. The Labute approximate surface area is 177 Å². The first-order chi connectivity index (χ1) is 14.6. The summed E-state index contributed by atoms with van der Waals surface area (Å²) in [6.07, 6.45) is 1.36. The summed E-state index contributed by atoms with van der Waals surface area (Å²) in [5, 5.41) is 12.4. The van der Waals surface area contributed by atoms with Gasteiger partial charge in [-0.25, -0.2) is 12.8 Å². The summed E-state index contributed by atoms with van der Waals surface area (Å²) in [7, 11) is -4.15. The molecule has 2 aromatic rings. The molecule has 2 atom stereocenters. The maximum absolute atomic E-state index is 13.1. The van der Waals surface area contributed by atoms with E-state index in [1.807, 2.05) is 0 Å². The van der Waals surface area contributed by atoms with Gasteiger partial charge in [-0.1, -0.05) is 13.8 Å². The minimum absolute atomic E-state index is 0.0112. The number of rotatable bonds is 6. The average Bonchev–Trinajstić information content (AvgIpc) is 3.15. The van der Waals surface area contributed by atoms with Crippen molar-refractivity contribution >= 4 is 27.6 Å². The highest BCUT2D eigenvalue weighted by molar-refractivity contribution is 7.89. The number of nitrogens with zero attached hydrogens (tertiary/aromatic N) is 3. The summed E-state index contributed by atoms with van der Waals surface area (Å²) in [5.41, 5.74) is 0. The van der Waals surface area contributed by atoms with Crippen molar-refractivity contribution in [3.63, 3.8) is 0 Å². The smallest absolute Gasteiger partial charge is 0.290 e. The molecule has 0 bridgehead atoms. The largest absolute Gasteiger partial charge is 0.342 e. The summed E-state index contributed by atoms with van der Waals surface area (Å²) in [6, 6.07) is 1.62. The molecule has 0 fully saturated rings. The van der Waals surface area contributed by atoms with Gasteiger partial charge in [-0.3, -0.25) is 14.4 Å². The molecule has 1 aliphatic heterocycles. The Hall–Kier alpha value is -3.19. The predicted molar refractivity (Wildman–Crippen MR) is 104 cm³/mol. The third-order valence-electron chi connectivity index (χ3n) is 4.69. The summed E-state index contributed by atoms with van der Waals surface area (Å²) in [6.45, 7) is 3.15. The number of aromatic nitrogens is 3. The molecule has 0 spiro atoms. The van der Waals surface area contributed by atoms with Crippen LogP contribution in [0.15, 0.2) is 35.5 Å². The van der Waals surface area contributed by atoms with E-state index in [4.69, 9.17) is 0 Å². The van der Waals surface area contributed by atoms with Gasteiger partial charge in [0.25, 0.3) is 5.91 Å². The second kappa shape index (κ2) is 8.89. The molecule has 3 N–H and O–H groups in total. The van der Waals surface area contributed by atoms with Crippen molar-refractivity contribution < 1.29 is 27.2 Å². The van der Waals surface area contributed by atoms with E-state index in [1.54, 1.807) is 13.8 Å². The monoisotopic (exact) mass is 452 g/mol. The van der Waals surface area contributed by atoms with E-state index < -0.39 is 51.4 Å². The highest BCUT2D eigenvalue weighted by atomic mass is 32.2. The van der Waals surface area contributed by atoms with Gasteiger partial charge < -0.3 is 15.2 Å². The number of nitrogens with one attached hydrogen (secondary N) is 3. The van der Waals surface area contributed by atoms with Crippen molar-refractivity contribution in [2.75, 3.05) is 0 Å². The minimum atomic E-state index is -4.15. The molecule has 2 unspecified atom stereocenters. The van der Waals surface area contributed by atoms with Gasteiger partial charge >= 0.3 is 0 Å². The zero-order valence-electron chi connectivity index (χ0n) is 16.7. The lowest BCUT2D eigenvalue weighted by atomic mass is 10.0. The van der Waals surface area contributed by atoms with E-state index in [9.17, 15) is 27.2 Å². The molecule has 166 valence electrons. The van der Waals surface area contributed by atoms with Gasteiger partial charge in [0, 0.05) is 0 Å². The van der Waals surface area contributed by atoms with Crippen LogP contribution in [0.1, 0.15) is 19.7 Å². The molecule has 2 amide bonds. The van der Waals surface area contributed by atoms with Crippen molar-refractivity contribution in [3.05, 3.63) is 42.2 Å². The molecule has 1 aromatic heterocycles. The molecule has 2 heterocycles. The molecule has 31 heavy (non-hydrogen) atoms. The highest BCUT2D eigenvalue weighted by Crippen LogP contribution is 2.13. The molecule has 0 radical (unpaired) electrons. The first-order valence-corrected chi connectivity index (χ1v) is 10.8. The lowest BCUT2D eigenvalue weighted by Crippen LogP contribution is -2.57. The van der Waals surface area contributed by atoms with Crippen molar-refractivity contribution in [3.8, 4) is 0 Å². The van der Waals surface area contributed by atoms with Gasteiger partial charge in [-0.2, -0.15) is 4.72 Å². The summed E-state index contributed by atoms with van der Waals surface area (Å²) in [5.74, 6) is -3.27. The van der Waals surface area contributed by atoms with Crippen molar-refractivity contribution in [1.82, 2.24) is 30.1 Å². The number of Topliss-reactive ketones (excluding diaryl/α,β-unsaturated/α-hetero) is 1. The third-order valence-corrected chi connectivity index (χ3v) is 6.15. The van der Waals surface area contributed by atoms with Gasteiger partial charge in [0.1, 0.15) is 24.2 Å². The number of carbonyl (C=O) groups excluding carboxylic acids is 3. The molecule has 1 aromatic carbocycles. The molecular weight excluding hydrogens is 431 g/mol. The van der Waals surface area contributed by atoms with Crippen LogP contribution in [-0.4, -0.2) is 52.9 Å². The number of carbonyl (C=O) groups is 3.